The summed E-state index contributed by atoms with van der Waals surface area (Å²) in [5, 5.41) is 8.80. The first-order valence-electron chi connectivity index (χ1n) is 5.69. The Kier molecular flexibility index (Phi) is 3.59. The molecular formula is C13H12F2N2O2. The van der Waals surface area contributed by atoms with Crippen LogP contribution in [0.2, 0.25) is 0 Å². The number of H-pyrrole nitrogens is 1. The van der Waals surface area contributed by atoms with Gasteiger partial charge in [-0.15, -0.1) is 0 Å². The highest BCUT2D eigenvalue weighted by Gasteiger charge is 2.14. The van der Waals surface area contributed by atoms with Gasteiger partial charge in [-0.2, -0.15) is 0 Å². The molecule has 0 aliphatic carbocycles. The Labute approximate surface area is 108 Å². The van der Waals surface area contributed by atoms with Gasteiger partial charge in [0.1, 0.15) is 5.82 Å². The molecule has 0 saturated carbocycles. The number of imidazole rings is 1. The minimum absolute atomic E-state index is 0.249. The molecule has 0 spiro atoms. The fraction of sp³-hybridized carbons (Fsp3) is 0.231. The molecule has 6 heteroatoms. The Balaban J connectivity index is 2.20. The predicted molar refractivity (Wildman–Crippen MR) is 64.4 cm³/mol. The molecule has 0 aliphatic heterocycles. The van der Waals surface area contributed by atoms with E-state index in [1.165, 1.54) is 12.3 Å². The quantitative estimate of drug-likeness (QED) is 0.894. The number of hydrogen-bond acceptors (Lipinski definition) is 2. The average molecular weight is 266 g/mol. The summed E-state index contributed by atoms with van der Waals surface area (Å²) in [5.41, 5.74) is 0.979. The summed E-state index contributed by atoms with van der Waals surface area (Å²) in [6.45, 7) is 1.57. The molecule has 1 atom stereocenters. The lowest BCUT2D eigenvalue weighted by molar-refractivity contribution is -0.141. The lowest BCUT2D eigenvalue weighted by Gasteiger charge is -2.02. The number of halogens is 2. The zero-order valence-electron chi connectivity index (χ0n) is 10.2. The van der Waals surface area contributed by atoms with Crippen molar-refractivity contribution in [3.63, 3.8) is 0 Å². The molecule has 1 aromatic heterocycles. The number of aromatic nitrogens is 2. The lowest BCUT2D eigenvalue weighted by atomic mass is 10.1. The summed E-state index contributed by atoms with van der Waals surface area (Å²) in [7, 11) is 0. The van der Waals surface area contributed by atoms with Crippen LogP contribution < -0.4 is 0 Å². The van der Waals surface area contributed by atoms with Gasteiger partial charge in [-0.05, 0) is 18.2 Å². The number of carboxylic acid groups (broad SMARTS) is 1. The SMILES string of the molecule is CC(Cc1ncc(-c2ccc(F)c(F)c2)[nH]1)C(=O)O. The number of aromatic amines is 1. The molecule has 100 valence electrons. The standard InChI is InChI=1S/C13H12F2N2O2/c1-7(13(18)19)4-12-16-6-11(17-12)8-2-3-9(14)10(15)5-8/h2-3,5-7H,4H2,1H3,(H,16,17)(H,18,19). The van der Waals surface area contributed by atoms with Crippen LogP contribution in [-0.4, -0.2) is 21.0 Å². The van der Waals surface area contributed by atoms with E-state index in [0.29, 0.717) is 17.1 Å². The number of nitrogens with one attached hydrogen (secondary N) is 1. The van der Waals surface area contributed by atoms with E-state index < -0.39 is 23.5 Å². The number of rotatable bonds is 4. The molecule has 0 fully saturated rings. The van der Waals surface area contributed by atoms with E-state index in [-0.39, 0.29) is 6.42 Å². The second-order valence-corrected chi connectivity index (χ2v) is 4.32. The van der Waals surface area contributed by atoms with Gasteiger partial charge in [0.05, 0.1) is 17.8 Å². The summed E-state index contributed by atoms with van der Waals surface area (Å²) in [4.78, 5) is 17.7. The van der Waals surface area contributed by atoms with E-state index in [2.05, 4.69) is 9.97 Å². The maximum absolute atomic E-state index is 13.1. The van der Waals surface area contributed by atoms with Gasteiger partial charge in [-0.25, -0.2) is 13.8 Å². The third-order valence-corrected chi connectivity index (χ3v) is 2.78. The Bertz CT molecular complexity index is 610. The molecule has 1 aromatic carbocycles. The van der Waals surface area contributed by atoms with Crippen LogP contribution in [0.15, 0.2) is 24.4 Å². The number of hydrogen-bond donors (Lipinski definition) is 2. The van der Waals surface area contributed by atoms with Gasteiger partial charge in [0.2, 0.25) is 0 Å². The van der Waals surface area contributed by atoms with Crippen LogP contribution >= 0.6 is 0 Å². The Morgan fingerprint density at radius 3 is 2.79 bits per heavy atom. The van der Waals surface area contributed by atoms with Crippen LogP contribution in [0.4, 0.5) is 8.78 Å². The van der Waals surface area contributed by atoms with Crippen molar-refractivity contribution >= 4 is 5.97 Å². The Hall–Kier alpha value is -2.24. The Morgan fingerprint density at radius 2 is 2.16 bits per heavy atom. The minimum Gasteiger partial charge on any atom is -0.481 e. The Morgan fingerprint density at radius 1 is 1.42 bits per heavy atom. The highest BCUT2D eigenvalue weighted by Crippen LogP contribution is 2.20. The van der Waals surface area contributed by atoms with Gasteiger partial charge in [-0.3, -0.25) is 4.79 Å². The largest absolute Gasteiger partial charge is 0.481 e. The molecule has 1 heterocycles. The highest BCUT2D eigenvalue weighted by atomic mass is 19.2. The molecule has 0 amide bonds. The van der Waals surface area contributed by atoms with E-state index in [9.17, 15) is 13.6 Å². The lowest BCUT2D eigenvalue weighted by Crippen LogP contribution is -2.12. The van der Waals surface area contributed by atoms with Gasteiger partial charge in [-0.1, -0.05) is 6.92 Å². The number of nitrogens with zero attached hydrogens (tertiary/aromatic N) is 1. The fourth-order valence-electron chi connectivity index (χ4n) is 1.65. The highest BCUT2D eigenvalue weighted by molar-refractivity contribution is 5.69. The van der Waals surface area contributed by atoms with Crippen molar-refractivity contribution in [1.29, 1.82) is 0 Å². The van der Waals surface area contributed by atoms with Gasteiger partial charge >= 0.3 is 5.97 Å². The van der Waals surface area contributed by atoms with Crippen molar-refractivity contribution < 1.29 is 18.7 Å². The van der Waals surface area contributed by atoms with Crippen molar-refractivity contribution in [3.8, 4) is 11.3 Å². The molecule has 0 aliphatic rings. The molecule has 2 aromatic rings. The van der Waals surface area contributed by atoms with Crippen molar-refractivity contribution in [2.45, 2.75) is 13.3 Å². The smallest absolute Gasteiger partial charge is 0.306 e. The number of benzene rings is 1. The fourth-order valence-corrected chi connectivity index (χ4v) is 1.65. The van der Waals surface area contributed by atoms with Gasteiger partial charge in [0.25, 0.3) is 0 Å². The third kappa shape index (κ3) is 2.96. The number of aliphatic carboxylic acids is 1. The molecule has 0 bridgehead atoms. The van der Waals surface area contributed by atoms with Gasteiger partial charge in [0.15, 0.2) is 11.6 Å². The van der Waals surface area contributed by atoms with Crippen LogP contribution in [-0.2, 0) is 11.2 Å². The van der Waals surface area contributed by atoms with Crippen LogP contribution in [0.25, 0.3) is 11.3 Å². The van der Waals surface area contributed by atoms with E-state index in [1.807, 2.05) is 0 Å². The molecule has 0 saturated heterocycles. The van der Waals surface area contributed by atoms with Gasteiger partial charge < -0.3 is 10.1 Å². The van der Waals surface area contributed by atoms with E-state index in [0.717, 1.165) is 12.1 Å². The number of carbonyl (C=O) groups is 1. The van der Waals surface area contributed by atoms with Crippen LogP contribution in [0.5, 0.6) is 0 Å². The summed E-state index contributed by atoms with van der Waals surface area (Å²) in [6.07, 6.45) is 1.72. The third-order valence-electron chi connectivity index (χ3n) is 2.78. The monoisotopic (exact) mass is 266 g/mol. The van der Waals surface area contributed by atoms with Crippen LogP contribution in [0.3, 0.4) is 0 Å². The van der Waals surface area contributed by atoms with Crippen LogP contribution in [0, 0.1) is 17.6 Å². The second kappa shape index (κ2) is 5.17. The van der Waals surface area contributed by atoms with Crippen LogP contribution in [0.1, 0.15) is 12.7 Å². The first-order valence-corrected chi connectivity index (χ1v) is 5.69. The summed E-state index contributed by atoms with van der Waals surface area (Å²) < 4.78 is 25.9. The van der Waals surface area contributed by atoms with Crippen molar-refractivity contribution in [1.82, 2.24) is 9.97 Å². The maximum atomic E-state index is 13.1. The summed E-state index contributed by atoms with van der Waals surface area (Å²) in [6, 6.07) is 3.52. The number of carboxylic acids is 1. The molecule has 2 N–H and O–H groups in total. The molecule has 2 rings (SSSR count). The first kappa shape index (κ1) is 13.2. The van der Waals surface area contributed by atoms with Crippen molar-refractivity contribution in [2.75, 3.05) is 0 Å². The van der Waals surface area contributed by atoms with Crippen molar-refractivity contribution in [3.05, 3.63) is 41.9 Å². The van der Waals surface area contributed by atoms with E-state index in [4.69, 9.17) is 5.11 Å². The van der Waals surface area contributed by atoms with Crippen molar-refractivity contribution in [2.24, 2.45) is 5.92 Å². The zero-order chi connectivity index (χ0) is 14.0. The molecular weight excluding hydrogens is 254 g/mol. The van der Waals surface area contributed by atoms with Gasteiger partial charge in [0, 0.05) is 12.0 Å². The average Bonchev–Trinajstić information content (AvgIpc) is 2.81. The second-order valence-electron chi connectivity index (χ2n) is 4.32. The molecule has 19 heavy (non-hydrogen) atoms. The topological polar surface area (TPSA) is 66.0 Å². The molecule has 0 radical (unpaired) electrons. The molecule has 1 unspecified atom stereocenters. The zero-order valence-corrected chi connectivity index (χ0v) is 10.2. The summed E-state index contributed by atoms with van der Waals surface area (Å²) >= 11 is 0. The molecule has 4 nitrogen and oxygen atoms in total. The summed E-state index contributed by atoms with van der Waals surface area (Å²) in [5.74, 6) is -2.83. The van der Waals surface area contributed by atoms with E-state index in [1.54, 1.807) is 6.92 Å². The maximum Gasteiger partial charge on any atom is 0.306 e. The predicted octanol–water partition coefficient (Wildman–Crippen LogP) is 2.62. The normalized spacial score (nSPS) is 12.4. The minimum atomic E-state index is -0.937. The van der Waals surface area contributed by atoms with E-state index >= 15 is 0 Å². The first-order chi connectivity index (χ1) is 8.97.